The number of piperidine rings is 1. The Morgan fingerprint density at radius 2 is 1.94 bits per heavy atom. The first kappa shape index (κ1) is 23.9. The maximum absolute atomic E-state index is 13.8. The Labute approximate surface area is 203 Å². The van der Waals surface area contributed by atoms with Gasteiger partial charge in [-0.05, 0) is 55.5 Å². The van der Waals surface area contributed by atoms with Crippen molar-refractivity contribution in [2.24, 2.45) is 5.92 Å². The number of carbonyl (C=O) groups is 2. The Bertz CT molecular complexity index is 1200. The van der Waals surface area contributed by atoms with Crippen LogP contribution in [0.1, 0.15) is 37.3 Å². The molecule has 1 saturated heterocycles. The number of sulfonamides is 1. The minimum absolute atomic E-state index is 0.0957. The quantitative estimate of drug-likeness (QED) is 0.626. The van der Waals surface area contributed by atoms with Crippen molar-refractivity contribution in [1.82, 2.24) is 4.31 Å². The second-order valence-corrected chi connectivity index (χ2v) is 11.4. The Balaban J connectivity index is 1.61. The zero-order valence-corrected chi connectivity index (χ0v) is 21.2. The molecular formula is C24H28BrN3O4S. The van der Waals surface area contributed by atoms with Crippen LogP contribution in [0.4, 0.5) is 11.4 Å². The van der Waals surface area contributed by atoms with Crippen molar-refractivity contribution in [3.05, 3.63) is 52.0 Å². The lowest BCUT2D eigenvalue weighted by molar-refractivity contribution is -0.121. The Hall–Kier alpha value is -2.23. The Kier molecular flexibility index (Phi) is 6.93. The van der Waals surface area contributed by atoms with Gasteiger partial charge in [0.25, 0.3) is 0 Å². The summed E-state index contributed by atoms with van der Waals surface area (Å²) < 4.78 is 29.6. The average molecular weight is 534 g/mol. The van der Waals surface area contributed by atoms with E-state index in [1.165, 1.54) is 4.31 Å². The van der Waals surface area contributed by atoms with Crippen LogP contribution < -0.4 is 10.2 Å². The number of aryl methyl sites for hydroxylation is 1. The van der Waals surface area contributed by atoms with Crippen LogP contribution in [-0.4, -0.2) is 44.2 Å². The van der Waals surface area contributed by atoms with E-state index in [1.54, 1.807) is 17.9 Å². The number of hydrogen-bond donors (Lipinski definition) is 1. The van der Waals surface area contributed by atoms with Gasteiger partial charge in [-0.2, -0.15) is 4.31 Å². The highest BCUT2D eigenvalue weighted by Gasteiger charge is 2.38. The first-order valence-electron chi connectivity index (χ1n) is 11.2. The van der Waals surface area contributed by atoms with Gasteiger partial charge in [-0.1, -0.05) is 41.1 Å². The Morgan fingerprint density at radius 1 is 1.18 bits per heavy atom. The number of halogens is 1. The van der Waals surface area contributed by atoms with Crippen LogP contribution in [0, 0.1) is 12.8 Å². The molecule has 0 spiro atoms. The van der Waals surface area contributed by atoms with E-state index in [1.807, 2.05) is 37.3 Å². The number of nitrogens with zero attached hydrogens (tertiary/aromatic N) is 2. The van der Waals surface area contributed by atoms with Gasteiger partial charge in [0.15, 0.2) is 0 Å². The Morgan fingerprint density at radius 3 is 2.67 bits per heavy atom. The number of benzene rings is 2. The molecule has 2 aromatic rings. The predicted octanol–water partition coefficient (Wildman–Crippen LogP) is 4.10. The van der Waals surface area contributed by atoms with Gasteiger partial charge in [0.2, 0.25) is 21.8 Å². The molecule has 2 aromatic carbocycles. The normalized spacial score (nSPS) is 18.8. The fourth-order valence-electron chi connectivity index (χ4n) is 4.57. The summed E-state index contributed by atoms with van der Waals surface area (Å²) in [6, 6.07) is 11.0. The van der Waals surface area contributed by atoms with Crippen molar-refractivity contribution in [2.75, 3.05) is 29.9 Å². The third-order valence-electron chi connectivity index (χ3n) is 6.37. The first-order chi connectivity index (χ1) is 15.7. The molecule has 2 aliphatic rings. The third kappa shape index (κ3) is 4.72. The summed E-state index contributed by atoms with van der Waals surface area (Å²) in [4.78, 5) is 27.2. The molecule has 0 aliphatic carbocycles. The largest absolute Gasteiger partial charge is 0.326 e. The van der Waals surface area contributed by atoms with E-state index in [9.17, 15) is 18.0 Å². The van der Waals surface area contributed by atoms with Crippen LogP contribution in [-0.2, 0) is 26.0 Å². The molecule has 1 atom stereocenters. The van der Waals surface area contributed by atoms with Gasteiger partial charge in [0, 0.05) is 36.2 Å². The van der Waals surface area contributed by atoms with E-state index >= 15 is 0 Å². The highest BCUT2D eigenvalue weighted by molar-refractivity contribution is 9.10. The lowest BCUT2D eigenvalue weighted by atomic mass is 9.98. The van der Waals surface area contributed by atoms with Crippen LogP contribution in [0.2, 0.25) is 0 Å². The molecule has 1 fully saturated rings. The number of anilines is 2. The number of para-hydroxylation sites is 1. The molecule has 33 heavy (non-hydrogen) atoms. The minimum Gasteiger partial charge on any atom is -0.326 e. The third-order valence-corrected chi connectivity index (χ3v) is 8.71. The number of rotatable bonds is 5. The monoisotopic (exact) mass is 533 g/mol. The molecule has 9 heteroatoms. The van der Waals surface area contributed by atoms with E-state index < -0.39 is 15.9 Å². The maximum Gasteiger partial charge on any atom is 0.245 e. The summed E-state index contributed by atoms with van der Waals surface area (Å²) in [6.07, 6.45) is 2.14. The molecule has 2 amide bonds. The molecule has 0 aromatic heterocycles. The van der Waals surface area contributed by atoms with Gasteiger partial charge in [0.05, 0.1) is 11.6 Å². The van der Waals surface area contributed by atoms with Crippen LogP contribution >= 0.6 is 15.9 Å². The standard InChI is InChI=1S/C24H28BrN3O4S/c1-3-22(29)28-12-10-17-13-19(25)14-21(23(17)28)33(31,32)27-11-6-8-18(15-27)24(30)26-20-9-5-4-7-16(20)2/h4-5,7,9,13-14,18H,3,6,8,10-12,15H2,1-2H3,(H,26,30)/t18-/m0/s1. The van der Waals surface area contributed by atoms with Crippen molar-refractivity contribution >= 4 is 49.1 Å². The van der Waals surface area contributed by atoms with Crippen LogP contribution in [0.5, 0.6) is 0 Å². The first-order valence-corrected chi connectivity index (χ1v) is 13.4. The van der Waals surface area contributed by atoms with E-state index in [2.05, 4.69) is 21.2 Å². The summed E-state index contributed by atoms with van der Waals surface area (Å²) in [6.45, 7) is 4.63. The fourth-order valence-corrected chi connectivity index (χ4v) is 7.01. The van der Waals surface area contributed by atoms with Gasteiger partial charge in [-0.15, -0.1) is 0 Å². The van der Waals surface area contributed by atoms with Crippen molar-refractivity contribution in [3.63, 3.8) is 0 Å². The van der Waals surface area contributed by atoms with Crippen LogP contribution in [0.15, 0.2) is 45.8 Å². The molecular weight excluding hydrogens is 506 g/mol. The predicted molar refractivity (Wildman–Crippen MR) is 132 cm³/mol. The van der Waals surface area contributed by atoms with Gasteiger partial charge >= 0.3 is 0 Å². The number of hydrogen-bond acceptors (Lipinski definition) is 4. The smallest absolute Gasteiger partial charge is 0.245 e. The lowest BCUT2D eigenvalue weighted by Crippen LogP contribution is -2.44. The minimum atomic E-state index is -3.90. The molecule has 0 saturated carbocycles. The van der Waals surface area contributed by atoms with Crippen LogP contribution in [0.25, 0.3) is 0 Å². The van der Waals surface area contributed by atoms with Gasteiger partial charge in [0.1, 0.15) is 4.90 Å². The summed E-state index contributed by atoms with van der Waals surface area (Å²) >= 11 is 3.43. The van der Waals surface area contributed by atoms with E-state index in [4.69, 9.17) is 0 Å². The lowest BCUT2D eigenvalue weighted by Gasteiger charge is -2.32. The number of amides is 2. The summed E-state index contributed by atoms with van der Waals surface area (Å²) in [7, 11) is -3.90. The van der Waals surface area contributed by atoms with Gasteiger partial charge in [-0.3, -0.25) is 9.59 Å². The second kappa shape index (κ2) is 9.56. The highest BCUT2D eigenvalue weighted by Crippen LogP contribution is 2.40. The SMILES string of the molecule is CCC(=O)N1CCc2cc(Br)cc(S(=O)(=O)N3CCC[C@H](C(=O)Nc4ccccc4C)C3)c21. The number of fused-ring (bicyclic) bond motifs is 1. The molecule has 7 nitrogen and oxygen atoms in total. The highest BCUT2D eigenvalue weighted by atomic mass is 79.9. The molecule has 2 aliphatic heterocycles. The summed E-state index contributed by atoms with van der Waals surface area (Å²) in [5.74, 6) is -0.713. The van der Waals surface area contributed by atoms with Crippen molar-refractivity contribution < 1.29 is 18.0 Å². The summed E-state index contributed by atoms with van der Waals surface area (Å²) in [5, 5.41) is 2.95. The number of carbonyl (C=O) groups excluding carboxylic acids is 2. The zero-order valence-electron chi connectivity index (χ0n) is 18.8. The molecule has 1 N–H and O–H groups in total. The van der Waals surface area contributed by atoms with Gasteiger partial charge in [-0.25, -0.2) is 8.42 Å². The second-order valence-electron chi connectivity index (χ2n) is 8.57. The van der Waals surface area contributed by atoms with Crippen molar-refractivity contribution in [1.29, 1.82) is 0 Å². The van der Waals surface area contributed by atoms with E-state index in [0.717, 1.165) is 16.8 Å². The molecule has 2 heterocycles. The zero-order chi connectivity index (χ0) is 23.8. The van der Waals surface area contributed by atoms with E-state index in [0.29, 0.717) is 48.9 Å². The van der Waals surface area contributed by atoms with Crippen molar-refractivity contribution in [2.45, 2.75) is 44.4 Å². The molecule has 176 valence electrons. The molecule has 4 rings (SSSR count). The molecule has 0 bridgehead atoms. The van der Waals surface area contributed by atoms with E-state index in [-0.39, 0.29) is 23.3 Å². The molecule has 0 unspecified atom stereocenters. The average Bonchev–Trinajstić information content (AvgIpc) is 3.23. The maximum atomic E-state index is 13.8. The topological polar surface area (TPSA) is 86.8 Å². The van der Waals surface area contributed by atoms with Crippen LogP contribution in [0.3, 0.4) is 0 Å². The van der Waals surface area contributed by atoms with Crippen molar-refractivity contribution in [3.8, 4) is 0 Å². The fraction of sp³-hybridized carbons (Fsp3) is 0.417. The number of nitrogens with one attached hydrogen (secondary N) is 1. The van der Waals surface area contributed by atoms with Gasteiger partial charge < -0.3 is 10.2 Å². The molecule has 0 radical (unpaired) electrons. The summed E-state index contributed by atoms with van der Waals surface area (Å²) in [5.41, 5.74) is 3.02.